The predicted molar refractivity (Wildman–Crippen MR) is 71.2 cm³/mol. The van der Waals surface area contributed by atoms with E-state index in [2.05, 4.69) is 20.5 Å². The summed E-state index contributed by atoms with van der Waals surface area (Å²) in [6.45, 7) is 3.99. The molecule has 0 radical (unpaired) electrons. The average molecular weight is 260 g/mol. The molecule has 0 aliphatic carbocycles. The van der Waals surface area contributed by atoms with Crippen LogP contribution in [0, 0.1) is 13.8 Å². The lowest BCUT2D eigenvalue weighted by molar-refractivity contribution is -0.115. The number of ether oxygens (including phenoxy) is 1. The molecule has 0 saturated carbocycles. The fourth-order valence-corrected chi connectivity index (χ4v) is 1.73. The van der Waals surface area contributed by atoms with Crippen molar-refractivity contribution >= 4 is 11.9 Å². The number of nitrogens with zero attached hydrogens (tertiary/aromatic N) is 2. The van der Waals surface area contributed by atoms with E-state index in [4.69, 9.17) is 4.74 Å². The second kappa shape index (κ2) is 5.51. The van der Waals surface area contributed by atoms with Gasteiger partial charge in [0.05, 0.1) is 13.5 Å². The maximum Gasteiger partial charge on any atom is 0.336 e. The first-order valence-electron chi connectivity index (χ1n) is 5.91. The van der Waals surface area contributed by atoms with Gasteiger partial charge in [0.25, 0.3) is 0 Å². The number of hydrogen-bond acceptors (Lipinski definition) is 4. The van der Waals surface area contributed by atoms with Crippen molar-refractivity contribution in [1.82, 2.24) is 15.2 Å². The van der Waals surface area contributed by atoms with Crippen molar-refractivity contribution in [3.05, 3.63) is 34.9 Å². The van der Waals surface area contributed by atoms with Crippen LogP contribution < -0.4 is 10.1 Å². The lowest BCUT2D eigenvalue weighted by Gasteiger charge is -2.06. The molecule has 0 fully saturated rings. The molecule has 0 unspecified atom stereocenters. The third-order valence-electron chi connectivity index (χ3n) is 2.76. The zero-order valence-electron chi connectivity index (χ0n) is 11.2. The summed E-state index contributed by atoms with van der Waals surface area (Å²) in [5, 5.41) is 8.98. The van der Waals surface area contributed by atoms with Gasteiger partial charge in [0.2, 0.25) is 11.9 Å². The van der Waals surface area contributed by atoms with Crippen molar-refractivity contribution < 1.29 is 9.53 Å². The SMILES string of the molecule is COc1n[nH]c(NC(=O)Cc2cc(C)ccc2C)n1. The smallest absolute Gasteiger partial charge is 0.336 e. The van der Waals surface area contributed by atoms with Gasteiger partial charge in [0.1, 0.15) is 0 Å². The van der Waals surface area contributed by atoms with E-state index in [0.29, 0.717) is 6.42 Å². The summed E-state index contributed by atoms with van der Waals surface area (Å²) in [5.41, 5.74) is 3.23. The fourth-order valence-electron chi connectivity index (χ4n) is 1.73. The van der Waals surface area contributed by atoms with Gasteiger partial charge in [-0.1, -0.05) is 23.8 Å². The summed E-state index contributed by atoms with van der Waals surface area (Å²) in [5.74, 6) is 0.139. The van der Waals surface area contributed by atoms with E-state index >= 15 is 0 Å². The van der Waals surface area contributed by atoms with Gasteiger partial charge in [-0.15, -0.1) is 5.10 Å². The molecule has 0 spiro atoms. The molecule has 2 aromatic rings. The molecule has 0 bridgehead atoms. The van der Waals surface area contributed by atoms with Crippen molar-refractivity contribution in [3.8, 4) is 6.01 Å². The molecule has 2 N–H and O–H groups in total. The zero-order chi connectivity index (χ0) is 13.8. The van der Waals surface area contributed by atoms with E-state index in [-0.39, 0.29) is 17.9 Å². The molecule has 0 aliphatic heterocycles. The minimum Gasteiger partial charge on any atom is -0.466 e. The highest BCUT2D eigenvalue weighted by Crippen LogP contribution is 2.12. The first-order chi connectivity index (χ1) is 9.08. The molecular formula is C13H16N4O2. The number of rotatable bonds is 4. The maximum atomic E-state index is 11.9. The van der Waals surface area contributed by atoms with Crippen LogP contribution in [-0.2, 0) is 11.2 Å². The Morgan fingerprint density at radius 3 is 2.89 bits per heavy atom. The van der Waals surface area contributed by atoms with Crippen molar-refractivity contribution in [3.63, 3.8) is 0 Å². The van der Waals surface area contributed by atoms with Crippen molar-refractivity contribution in [2.24, 2.45) is 0 Å². The summed E-state index contributed by atoms with van der Waals surface area (Å²) in [7, 11) is 1.46. The van der Waals surface area contributed by atoms with Crippen LogP contribution >= 0.6 is 0 Å². The molecule has 19 heavy (non-hydrogen) atoms. The quantitative estimate of drug-likeness (QED) is 0.875. The fraction of sp³-hybridized carbons (Fsp3) is 0.308. The van der Waals surface area contributed by atoms with Gasteiger partial charge in [0, 0.05) is 0 Å². The summed E-state index contributed by atoms with van der Waals surface area (Å²) in [6, 6.07) is 6.24. The molecule has 0 aliphatic rings. The summed E-state index contributed by atoms with van der Waals surface area (Å²) >= 11 is 0. The van der Waals surface area contributed by atoms with E-state index in [9.17, 15) is 4.79 Å². The Balaban J connectivity index is 2.03. The van der Waals surface area contributed by atoms with Crippen molar-refractivity contribution in [2.75, 3.05) is 12.4 Å². The number of aryl methyl sites for hydroxylation is 2. The van der Waals surface area contributed by atoms with Crippen molar-refractivity contribution in [1.29, 1.82) is 0 Å². The van der Waals surface area contributed by atoms with Crippen molar-refractivity contribution in [2.45, 2.75) is 20.3 Å². The second-order valence-corrected chi connectivity index (χ2v) is 4.33. The largest absolute Gasteiger partial charge is 0.466 e. The Labute approximate surface area is 111 Å². The van der Waals surface area contributed by atoms with Crippen LogP contribution in [-0.4, -0.2) is 28.2 Å². The molecule has 1 heterocycles. The summed E-state index contributed by atoms with van der Waals surface area (Å²) in [6.07, 6.45) is 0.302. The molecule has 0 saturated heterocycles. The Hall–Kier alpha value is -2.37. The highest BCUT2D eigenvalue weighted by atomic mass is 16.5. The Morgan fingerprint density at radius 2 is 2.21 bits per heavy atom. The van der Waals surface area contributed by atoms with Crippen LogP contribution in [0.3, 0.4) is 0 Å². The van der Waals surface area contributed by atoms with E-state index in [1.165, 1.54) is 7.11 Å². The monoisotopic (exact) mass is 260 g/mol. The van der Waals surface area contributed by atoms with Gasteiger partial charge >= 0.3 is 6.01 Å². The van der Waals surface area contributed by atoms with E-state index < -0.39 is 0 Å². The minimum atomic E-state index is -0.146. The van der Waals surface area contributed by atoms with Gasteiger partial charge < -0.3 is 4.74 Å². The number of amides is 1. The van der Waals surface area contributed by atoms with Crippen LogP contribution in [0.25, 0.3) is 0 Å². The Morgan fingerprint density at radius 1 is 1.42 bits per heavy atom. The minimum absolute atomic E-state index is 0.146. The van der Waals surface area contributed by atoms with Gasteiger partial charge in [-0.25, -0.2) is 5.10 Å². The van der Waals surface area contributed by atoms with E-state index in [0.717, 1.165) is 16.7 Å². The van der Waals surface area contributed by atoms with Gasteiger partial charge in [-0.3, -0.25) is 10.1 Å². The summed E-state index contributed by atoms with van der Waals surface area (Å²) < 4.78 is 4.82. The van der Waals surface area contributed by atoms with Gasteiger partial charge in [0.15, 0.2) is 0 Å². The molecule has 1 aromatic heterocycles. The third kappa shape index (κ3) is 3.31. The second-order valence-electron chi connectivity index (χ2n) is 4.33. The molecule has 100 valence electrons. The average Bonchev–Trinajstić information content (AvgIpc) is 2.81. The molecule has 1 aromatic carbocycles. The highest BCUT2D eigenvalue weighted by molar-refractivity contribution is 5.90. The maximum absolute atomic E-state index is 11.9. The third-order valence-corrected chi connectivity index (χ3v) is 2.76. The lowest BCUT2D eigenvalue weighted by Crippen LogP contribution is -2.16. The Kier molecular flexibility index (Phi) is 3.79. The number of H-pyrrole nitrogens is 1. The van der Waals surface area contributed by atoms with E-state index in [1.807, 2.05) is 32.0 Å². The number of benzene rings is 1. The highest BCUT2D eigenvalue weighted by Gasteiger charge is 2.09. The number of nitrogens with one attached hydrogen (secondary N) is 2. The number of methoxy groups -OCH3 is 1. The van der Waals surface area contributed by atoms with Crippen LogP contribution in [0.2, 0.25) is 0 Å². The number of hydrogen-bond donors (Lipinski definition) is 2. The number of aromatic amines is 1. The van der Waals surface area contributed by atoms with Gasteiger partial charge in [-0.2, -0.15) is 4.98 Å². The molecule has 1 amide bonds. The molecular weight excluding hydrogens is 244 g/mol. The first kappa shape index (κ1) is 13.1. The van der Waals surface area contributed by atoms with E-state index in [1.54, 1.807) is 0 Å². The predicted octanol–water partition coefficient (Wildman–Crippen LogP) is 1.61. The number of anilines is 1. The number of aromatic nitrogens is 3. The molecule has 6 nitrogen and oxygen atoms in total. The molecule has 6 heteroatoms. The summed E-state index contributed by atoms with van der Waals surface area (Å²) in [4.78, 5) is 15.8. The molecule has 0 atom stereocenters. The normalized spacial score (nSPS) is 10.3. The van der Waals surface area contributed by atoms with Gasteiger partial charge in [-0.05, 0) is 25.0 Å². The standard InChI is InChI=1S/C13H16N4O2/c1-8-4-5-9(2)10(6-8)7-11(18)14-12-15-13(19-3)17-16-12/h4-6H,7H2,1-3H3,(H2,14,15,16,17,18). The topological polar surface area (TPSA) is 79.9 Å². The lowest BCUT2D eigenvalue weighted by atomic mass is 10.0. The van der Waals surface area contributed by atoms with Crippen LogP contribution in [0.1, 0.15) is 16.7 Å². The molecule has 2 rings (SSSR count). The number of carbonyl (C=O) groups is 1. The van der Waals surface area contributed by atoms with Crippen LogP contribution in [0.15, 0.2) is 18.2 Å². The zero-order valence-corrected chi connectivity index (χ0v) is 11.2. The van der Waals surface area contributed by atoms with Crippen LogP contribution in [0.5, 0.6) is 6.01 Å². The Bertz CT molecular complexity index is 592. The first-order valence-corrected chi connectivity index (χ1v) is 5.91. The van der Waals surface area contributed by atoms with Crippen LogP contribution in [0.4, 0.5) is 5.95 Å². The number of carbonyl (C=O) groups excluding carboxylic acids is 1.